The van der Waals surface area contributed by atoms with E-state index in [2.05, 4.69) is 10.6 Å². The summed E-state index contributed by atoms with van der Waals surface area (Å²) >= 11 is 1.48. The Bertz CT molecular complexity index is 710. The molecule has 0 saturated carbocycles. The van der Waals surface area contributed by atoms with Crippen molar-refractivity contribution in [2.24, 2.45) is 0 Å². The van der Waals surface area contributed by atoms with Crippen molar-refractivity contribution < 1.29 is 14.0 Å². The number of rotatable bonds is 7. The van der Waals surface area contributed by atoms with Crippen LogP contribution in [0.4, 0.5) is 9.18 Å². The number of carbonyl (C=O) groups excluding carboxylic acids is 2. The molecule has 0 aliphatic rings. The van der Waals surface area contributed by atoms with E-state index >= 15 is 0 Å². The fourth-order valence-electron chi connectivity index (χ4n) is 2.23. The van der Waals surface area contributed by atoms with Gasteiger partial charge in [-0.3, -0.25) is 10.1 Å². The summed E-state index contributed by atoms with van der Waals surface area (Å²) in [6.45, 7) is 2.26. The lowest BCUT2D eigenvalue weighted by Crippen LogP contribution is -2.39. The van der Waals surface area contributed by atoms with Crippen molar-refractivity contribution >= 4 is 23.7 Å². The molecule has 0 radical (unpaired) electrons. The van der Waals surface area contributed by atoms with Gasteiger partial charge in [0.25, 0.3) is 0 Å². The maximum atomic E-state index is 13.7. The van der Waals surface area contributed by atoms with E-state index < -0.39 is 6.03 Å². The Labute approximate surface area is 151 Å². The minimum absolute atomic E-state index is 0.0547. The van der Waals surface area contributed by atoms with E-state index in [-0.39, 0.29) is 23.4 Å². The molecule has 0 heterocycles. The van der Waals surface area contributed by atoms with Crippen molar-refractivity contribution in [3.63, 3.8) is 0 Å². The number of imide groups is 1. The molecule has 0 aliphatic heterocycles. The number of thioether (sulfide) groups is 1. The lowest BCUT2D eigenvalue weighted by atomic mass is 10.1. The van der Waals surface area contributed by atoms with E-state index in [1.54, 1.807) is 18.2 Å². The highest BCUT2D eigenvalue weighted by atomic mass is 32.2. The normalized spacial score (nSPS) is 11.6. The Kier molecular flexibility index (Phi) is 7.47. The predicted octanol–water partition coefficient (Wildman–Crippen LogP) is 4.04. The molecular formula is C19H21FN2O2S. The predicted molar refractivity (Wildman–Crippen MR) is 98.7 cm³/mol. The number of nitrogens with one attached hydrogen (secondary N) is 2. The van der Waals surface area contributed by atoms with Crippen molar-refractivity contribution in [3.05, 3.63) is 71.5 Å². The van der Waals surface area contributed by atoms with Crippen molar-refractivity contribution in [3.8, 4) is 0 Å². The Morgan fingerprint density at radius 3 is 2.48 bits per heavy atom. The number of hydrogen-bond donors (Lipinski definition) is 2. The topological polar surface area (TPSA) is 58.2 Å². The zero-order chi connectivity index (χ0) is 18.1. The molecular weight excluding hydrogens is 339 g/mol. The molecule has 2 N–H and O–H groups in total. The van der Waals surface area contributed by atoms with Crippen molar-refractivity contribution in [2.75, 3.05) is 5.75 Å². The maximum Gasteiger partial charge on any atom is 0.321 e. The molecule has 0 saturated heterocycles. The summed E-state index contributed by atoms with van der Waals surface area (Å²) in [5.74, 6) is -0.0844. The maximum absolute atomic E-state index is 13.7. The molecule has 0 aromatic heterocycles. The van der Waals surface area contributed by atoms with Crippen LogP contribution in [0.1, 0.15) is 29.7 Å². The number of halogens is 1. The van der Waals surface area contributed by atoms with Gasteiger partial charge in [-0.1, -0.05) is 48.5 Å². The molecule has 0 bridgehead atoms. The molecule has 25 heavy (non-hydrogen) atoms. The monoisotopic (exact) mass is 360 g/mol. The second-order valence-corrected chi connectivity index (χ2v) is 6.95. The third-order valence-electron chi connectivity index (χ3n) is 3.59. The first kappa shape index (κ1) is 19.0. The van der Waals surface area contributed by atoms with Crippen molar-refractivity contribution in [1.29, 1.82) is 0 Å². The molecule has 1 unspecified atom stereocenters. The van der Waals surface area contributed by atoms with E-state index in [1.165, 1.54) is 17.8 Å². The molecule has 132 valence electrons. The molecule has 0 fully saturated rings. The first-order valence-corrected chi connectivity index (χ1v) is 9.09. The van der Waals surface area contributed by atoms with Crippen molar-refractivity contribution in [2.45, 2.75) is 25.1 Å². The summed E-state index contributed by atoms with van der Waals surface area (Å²) in [6, 6.07) is 15.5. The number of amides is 3. The van der Waals surface area contributed by atoms with Gasteiger partial charge >= 0.3 is 6.03 Å². The number of benzene rings is 2. The van der Waals surface area contributed by atoms with Gasteiger partial charge in [-0.05, 0) is 18.6 Å². The lowest BCUT2D eigenvalue weighted by Gasteiger charge is -2.12. The zero-order valence-corrected chi connectivity index (χ0v) is 14.8. The Morgan fingerprint density at radius 2 is 1.76 bits per heavy atom. The van der Waals surface area contributed by atoms with Crippen molar-refractivity contribution in [1.82, 2.24) is 10.6 Å². The fourth-order valence-corrected chi connectivity index (χ4v) is 3.26. The van der Waals surface area contributed by atoms with E-state index in [1.807, 2.05) is 37.3 Å². The molecule has 0 aliphatic carbocycles. The average Bonchev–Trinajstić information content (AvgIpc) is 2.61. The second-order valence-electron chi connectivity index (χ2n) is 5.50. The van der Waals surface area contributed by atoms with Crippen LogP contribution in [-0.2, 0) is 11.3 Å². The van der Waals surface area contributed by atoms with Gasteiger partial charge in [0.05, 0.1) is 0 Å². The summed E-state index contributed by atoms with van der Waals surface area (Å²) in [7, 11) is 0. The summed E-state index contributed by atoms with van der Waals surface area (Å²) in [4.78, 5) is 23.5. The van der Waals surface area contributed by atoms with E-state index in [0.717, 1.165) is 5.56 Å². The van der Waals surface area contributed by atoms with Crippen LogP contribution in [-0.4, -0.2) is 17.7 Å². The summed E-state index contributed by atoms with van der Waals surface area (Å²) in [6.07, 6.45) is 0.197. The van der Waals surface area contributed by atoms with Gasteiger partial charge in [-0.15, -0.1) is 0 Å². The van der Waals surface area contributed by atoms with E-state index in [0.29, 0.717) is 17.9 Å². The standard InChI is InChI=1S/C19H21FN2O2S/c1-14(16-9-5-6-10-17(16)20)25-12-11-18(23)22-19(24)21-13-15-7-3-2-4-8-15/h2-10,14H,11-13H2,1H3,(H2,21,22,23,24). The Morgan fingerprint density at radius 1 is 1.08 bits per heavy atom. The summed E-state index contributed by atoms with van der Waals surface area (Å²) in [5.41, 5.74) is 1.58. The first-order chi connectivity index (χ1) is 12.1. The molecule has 2 aromatic carbocycles. The summed E-state index contributed by atoms with van der Waals surface area (Å²) < 4.78 is 13.7. The third kappa shape index (κ3) is 6.58. The van der Waals surface area contributed by atoms with Gasteiger partial charge in [-0.2, -0.15) is 11.8 Å². The number of urea groups is 1. The minimum atomic E-state index is -0.513. The van der Waals surface area contributed by atoms with Crippen LogP contribution in [0.25, 0.3) is 0 Å². The van der Waals surface area contributed by atoms with Crippen LogP contribution in [0.2, 0.25) is 0 Å². The highest BCUT2D eigenvalue weighted by Crippen LogP contribution is 2.30. The van der Waals surface area contributed by atoms with Crippen LogP contribution in [0.15, 0.2) is 54.6 Å². The largest absolute Gasteiger partial charge is 0.334 e. The molecule has 1 atom stereocenters. The molecule has 6 heteroatoms. The van der Waals surface area contributed by atoms with E-state index in [9.17, 15) is 14.0 Å². The fraction of sp³-hybridized carbons (Fsp3) is 0.263. The first-order valence-electron chi connectivity index (χ1n) is 8.04. The van der Waals surface area contributed by atoms with E-state index in [4.69, 9.17) is 0 Å². The summed E-state index contributed by atoms with van der Waals surface area (Å²) in [5, 5.41) is 4.88. The number of hydrogen-bond acceptors (Lipinski definition) is 3. The van der Waals surface area contributed by atoms with Gasteiger partial charge in [0.2, 0.25) is 5.91 Å². The SMILES string of the molecule is CC(SCCC(=O)NC(=O)NCc1ccccc1)c1ccccc1F. The highest BCUT2D eigenvalue weighted by molar-refractivity contribution is 7.99. The van der Waals surface area contributed by atoms with Crippen LogP contribution in [0, 0.1) is 5.82 Å². The molecule has 0 spiro atoms. The molecule has 2 aromatic rings. The van der Waals surface area contributed by atoms with Gasteiger partial charge < -0.3 is 5.32 Å². The Hall–Kier alpha value is -2.34. The smallest absolute Gasteiger partial charge is 0.321 e. The van der Waals surface area contributed by atoms with Gasteiger partial charge in [0.1, 0.15) is 5.82 Å². The molecule has 3 amide bonds. The minimum Gasteiger partial charge on any atom is -0.334 e. The quantitative estimate of drug-likeness (QED) is 0.784. The van der Waals surface area contributed by atoms with Crippen LogP contribution in [0.3, 0.4) is 0 Å². The van der Waals surface area contributed by atoms with Gasteiger partial charge in [-0.25, -0.2) is 9.18 Å². The van der Waals surface area contributed by atoms with Crippen LogP contribution >= 0.6 is 11.8 Å². The van der Waals surface area contributed by atoms with Gasteiger partial charge in [0.15, 0.2) is 0 Å². The zero-order valence-electron chi connectivity index (χ0n) is 14.0. The second kappa shape index (κ2) is 9.84. The highest BCUT2D eigenvalue weighted by Gasteiger charge is 2.12. The van der Waals surface area contributed by atoms with Crippen LogP contribution in [0.5, 0.6) is 0 Å². The molecule has 2 rings (SSSR count). The lowest BCUT2D eigenvalue weighted by molar-refractivity contribution is -0.119. The third-order valence-corrected chi connectivity index (χ3v) is 4.78. The van der Waals surface area contributed by atoms with Crippen LogP contribution < -0.4 is 10.6 Å². The van der Waals surface area contributed by atoms with Gasteiger partial charge in [0, 0.05) is 29.5 Å². The number of carbonyl (C=O) groups is 2. The average molecular weight is 360 g/mol. The Balaban J connectivity index is 1.66. The molecule has 4 nitrogen and oxygen atoms in total.